The van der Waals surface area contributed by atoms with Gasteiger partial charge in [0.1, 0.15) is 18.3 Å². The van der Waals surface area contributed by atoms with Gasteiger partial charge in [-0.15, -0.1) is 0 Å². The van der Waals surface area contributed by atoms with Crippen LogP contribution in [0.15, 0.2) is 95.1 Å². The molecule has 5 rings (SSSR count). The molecule has 200 valence electrons. The Morgan fingerprint density at radius 2 is 1.62 bits per heavy atom. The van der Waals surface area contributed by atoms with Crippen LogP contribution in [-0.4, -0.2) is 23.6 Å². The number of aliphatic imine (C=N–C) groups is 1. The van der Waals surface area contributed by atoms with Crippen LogP contribution in [0.5, 0.6) is 5.75 Å². The summed E-state index contributed by atoms with van der Waals surface area (Å²) in [6.07, 6.45) is 0.711. The Labute approximate surface area is 234 Å². The van der Waals surface area contributed by atoms with Gasteiger partial charge in [-0.05, 0) is 74.1 Å². The Kier molecular flexibility index (Phi) is 7.99. The molecule has 0 aromatic heterocycles. The summed E-state index contributed by atoms with van der Waals surface area (Å²) in [4.78, 5) is 31.9. The number of halogens is 1. The highest BCUT2D eigenvalue weighted by Gasteiger charge is 2.45. The smallest absolute Gasteiger partial charge is 0.315 e. The van der Waals surface area contributed by atoms with Gasteiger partial charge in [0.25, 0.3) is 0 Å². The predicted octanol–water partition coefficient (Wildman–Crippen LogP) is 7.45. The summed E-state index contributed by atoms with van der Waals surface area (Å²) in [5, 5.41) is 0.662. The third-order valence-electron chi connectivity index (χ3n) is 7.32. The Hall–Kier alpha value is -3.70. The predicted molar refractivity (Wildman–Crippen MR) is 153 cm³/mol. The first-order valence-corrected chi connectivity index (χ1v) is 13.7. The summed E-state index contributed by atoms with van der Waals surface area (Å²) in [6, 6.07) is 25.3. The molecule has 3 aromatic rings. The number of carbonyl (C=O) groups is 2. The van der Waals surface area contributed by atoms with E-state index >= 15 is 0 Å². The molecule has 0 saturated heterocycles. The van der Waals surface area contributed by atoms with Crippen molar-refractivity contribution in [2.24, 2.45) is 10.9 Å². The van der Waals surface area contributed by atoms with Gasteiger partial charge in [0, 0.05) is 34.3 Å². The van der Waals surface area contributed by atoms with Crippen LogP contribution in [-0.2, 0) is 20.9 Å². The molecule has 2 aliphatic rings. The van der Waals surface area contributed by atoms with Crippen LogP contribution in [0.1, 0.15) is 62.1 Å². The van der Waals surface area contributed by atoms with Crippen molar-refractivity contribution in [3.05, 3.63) is 112 Å². The van der Waals surface area contributed by atoms with E-state index in [1.165, 1.54) is 0 Å². The number of Topliss-reactive ketones (excluding diaryl/α,β-unsaturated/α-hetero) is 1. The number of benzene rings is 3. The van der Waals surface area contributed by atoms with Crippen molar-refractivity contribution in [3.63, 3.8) is 0 Å². The topological polar surface area (TPSA) is 65.0 Å². The zero-order valence-corrected chi connectivity index (χ0v) is 23.2. The molecule has 0 amide bonds. The van der Waals surface area contributed by atoms with Gasteiger partial charge in [-0.2, -0.15) is 0 Å². The highest BCUT2D eigenvalue weighted by atomic mass is 35.5. The summed E-state index contributed by atoms with van der Waals surface area (Å²) >= 11 is 6.09. The number of ketones is 1. The summed E-state index contributed by atoms with van der Waals surface area (Å²) < 4.78 is 11.6. The number of esters is 1. The van der Waals surface area contributed by atoms with Crippen molar-refractivity contribution in [3.8, 4) is 5.75 Å². The zero-order chi connectivity index (χ0) is 27.5. The van der Waals surface area contributed by atoms with Crippen LogP contribution in [0, 0.1) is 5.92 Å². The normalized spacial score (nSPS) is 20.9. The minimum absolute atomic E-state index is 0.0126. The van der Waals surface area contributed by atoms with Crippen LogP contribution in [0.3, 0.4) is 0 Å². The lowest BCUT2D eigenvalue weighted by Gasteiger charge is -2.36. The maximum absolute atomic E-state index is 13.8. The minimum atomic E-state index is -0.668. The molecule has 5 nitrogen and oxygen atoms in total. The molecule has 1 aliphatic heterocycles. The number of carbonyl (C=O) groups excluding carboxylic acids is 2. The average molecular weight is 542 g/mol. The van der Waals surface area contributed by atoms with E-state index in [0.717, 1.165) is 28.1 Å². The summed E-state index contributed by atoms with van der Waals surface area (Å²) in [5.74, 6) is -0.747. The number of ether oxygens (including phenoxy) is 2. The van der Waals surface area contributed by atoms with Gasteiger partial charge in [-0.3, -0.25) is 14.6 Å². The van der Waals surface area contributed by atoms with Gasteiger partial charge in [-0.25, -0.2) is 0 Å². The van der Waals surface area contributed by atoms with E-state index in [-0.39, 0.29) is 23.8 Å². The third kappa shape index (κ3) is 5.99. The first kappa shape index (κ1) is 26.9. The molecule has 39 heavy (non-hydrogen) atoms. The minimum Gasteiger partial charge on any atom is -0.489 e. The molecule has 0 radical (unpaired) electrons. The van der Waals surface area contributed by atoms with Crippen LogP contribution < -0.4 is 4.74 Å². The fourth-order valence-corrected chi connectivity index (χ4v) is 5.64. The Balaban J connectivity index is 1.47. The van der Waals surface area contributed by atoms with Crippen molar-refractivity contribution in [1.82, 2.24) is 0 Å². The van der Waals surface area contributed by atoms with Crippen LogP contribution in [0.4, 0.5) is 0 Å². The van der Waals surface area contributed by atoms with Crippen LogP contribution in [0.25, 0.3) is 0 Å². The molecule has 1 heterocycles. The lowest BCUT2D eigenvalue weighted by molar-refractivity contribution is -0.150. The maximum Gasteiger partial charge on any atom is 0.315 e. The van der Waals surface area contributed by atoms with E-state index in [1.54, 1.807) is 0 Å². The highest BCUT2D eigenvalue weighted by molar-refractivity contribution is 6.30. The van der Waals surface area contributed by atoms with Crippen molar-refractivity contribution >= 4 is 29.1 Å². The Bertz CT molecular complexity index is 1410. The van der Waals surface area contributed by atoms with Gasteiger partial charge < -0.3 is 9.47 Å². The maximum atomic E-state index is 13.8. The molecule has 1 aliphatic carbocycles. The molecule has 6 heteroatoms. The lowest BCUT2D eigenvalue weighted by Crippen LogP contribution is -2.38. The van der Waals surface area contributed by atoms with Gasteiger partial charge in [0.05, 0.1) is 6.10 Å². The second kappa shape index (κ2) is 11.6. The van der Waals surface area contributed by atoms with Crippen molar-refractivity contribution < 1.29 is 19.1 Å². The largest absolute Gasteiger partial charge is 0.489 e. The van der Waals surface area contributed by atoms with E-state index in [9.17, 15) is 9.59 Å². The summed E-state index contributed by atoms with van der Waals surface area (Å²) in [6.45, 7) is 5.97. The van der Waals surface area contributed by atoms with Crippen molar-refractivity contribution in [1.29, 1.82) is 0 Å². The van der Waals surface area contributed by atoms with E-state index < -0.39 is 11.8 Å². The number of allylic oxidation sites excluding steroid dienone is 2. The van der Waals surface area contributed by atoms with E-state index in [1.807, 2.05) is 99.6 Å². The molecular weight excluding hydrogens is 510 g/mol. The number of hydrogen-bond acceptors (Lipinski definition) is 5. The molecule has 0 fully saturated rings. The Morgan fingerprint density at radius 3 is 2.28 bits per heavy atom. The molecule has 3 atom stereocenters. The van der Waals surface area contributed by atoms with E-state index in [4.69, 9.17) is 26.1 Å². The van der Waals surface area contributed by atoms with Gasteiger partial charge in [0.2, 0.25) is 0 Å². The number of rotatable bonds is 7. The molecular formula is C33H32ClNO4. The standard InChI is InChI=1S/C33H32ClNO4/c1-20(2)39-33(37)30-21(3)35-28-17-25(23-9-13-26(34)14-10-23)18-29(36)32(28)31(30)24-11-15-27(16-12-24)38-19-22-7-5-4-6-8-22/h4-16,20,25,30-31H,17-19H2,1-3H3/t25-,30?,31-/m0/s1. The molecule has 0 bridgehead atoms. The monoisotopic (exact) mass is 541 g/mol. The number of nitrogens with zero attached hydrogens (tertiary/aromatic N) is 1. The van der Waals surface area contributed by atoms with Gasteiger partial charge >= 0.3 is 5.97 Å². The third-order valence-corrected chi connectivity index (χ3v) is 7.58. The summed E-state index contributed by atoms with van der Waals surface area (Å²) in [7, 11) is 0. The molecule has 1 unspecified atom stereocenters. The first-order valence-electron chi connectivity index (χ1n) is 13.3. The van der Waals surface area contributed by atoms with Crippen molar-refractivity contribution in [2.45, 2.75) is 58.2 Å². The van der Waals surface area contributed by atoms with Crippen LogP contribution in [0.2, 0.25) is 5.02 Å². The zero-order valence-electron chi connectivity index (χ0n) is 22.4. The average Bonchev–Trinajstić information content (AvgIpc) is 2.92. The SMILES string of the molecule is CC1=NC2=C(C(=O)C[C@@H](c3ccc(Cl)cc3)C2)[C@@H](c2ccc(OCc3ccccc3)cc2)C1C(=O)OC(C)C. The quantitative estimate of drug-likeness (QED) is 0.291. The first-order chi connectivity index (χ1) is 18.8. The molecule has 0 N–H and O–H groups in total. The lowest BCUT2D eigenvalue weighted by atomic mass is 9.69. The second-order valence-corrected chi connectivity index (χ2v) is 10.9. The van der Waals surface area contributed by atoms with Gasteiger partial charge in [0.15, 0.2) is 5.78 Å². The molecule has 0 spiro atoms. The van der Waals surface area contributed by atoms with Crippen LogP contribution >= 0.6 is 11.6 Å². The number of hydrogen-bond donors (Lipinski definition) is 0. The summed E-state index contributed by atoms with van der Waals surface area (Å²) in [5.41, 5.74) is 5.05. The highest BCUT2D eigenvalue weighted by Crippen LogP contribution is 2.47. The Morgan fingerprint density at radius 1 is 0.949 bits per heavy atom. The molecule has 3 aromatic carbocycles. The van der Waals surface area contributed by atoms with Crippen molar-refractivity contribution in [2.75, 3.05) is 0 Å². The fraction of sp³-hybridized carbons (Fsp3) is 0.303. The van der Waals surface area contributed by atoms with E-state index in [2.05, 4.69) is 0 Å². The fourth-order valence-electron chi connectivity index (χ4n) is 5.51. The van der Waals surface area contributed by atoms with Gasteiger partial charge in [-0.1, -0.05) is 66.2 Å². The second-order valence-electron chi connectivity index (χ2n) is 10.5. The van der Waals surface area contributed by atoms with E-state index in [0.29, 0.717) is 35.8 Å². The molecule has 0 saturated carbocycles.